The van der Waals surface area contributed by atoms with E-state index in [9.17, 15) is 9.59 Å². The number of hydrogen-bond acceptors (Lipinski definition) is 8. The number of unbranched alkanes of at least 4 members (excludes halogenated alkanes) is 36. The van der Waals surface area contributed by atoms with Gasteiger partial charge >= 0.3 is 11.9 Å². The molecule has 0 amide bonds. The van der Waals surface area contributed by atoms with Gasteiger partial charge in [0, 0.05) is 33.4 Å². The minimum Gasteiger partial charge on any atom is -0.493 e. The molecule has 0 aliphatic rings. The van der Waals surface area contributed by atoms with Crippen LogP contribution in [0.4, 0.5) is 0 Å². The van der Waals surface area contributed by atoms with Crippen LogP contribution in [0.5, 0.6) is 23.0 Å². The van der Waals surface area contributed by atoms with E-state index in [1.54, 1.807) is 0 Å². The molecule has 6 aromatic rings. The second-order valence-electron chi connectivity index (χ2n) is 27.4. The zero-order valence-corrected chi connectivity index (χ0v) is 61.9. The largest absolute Gasteiger partial charge is 0.493 e. The molecule has 0 spiro atoms. The number of hydrogen-bond donors (Lipinski definition) is 0. The highest BCUT2D eigenvalue weighted by molar-refractivity contribution is 5.91. The molecule has 8 heteroatoms. The first-order valence-corrected chi connectivity index (χ1v) is 39.3. The van der Waals surface area contributed by atoms with Crippen LogP contribution in [0.25, 0.3) is 44.5 Å². The van der Waals surface area contributed by atoms with Gasteiger partial charge in [-0.3, -0.25) is 0 Å². The molecule has 0 saturated carbocycles. The van der Waals surface area contributed by atoms with E-state index < -0.39 is 0 Å². The summed E-state index contributed by atoms with van der Waals surface area (Å²) in [5.41, 5.74) is 10.6. The summed E-state index contributed by atoms with van der Waals surface area (Å²) in [6.07, 6.45) is 50.3. The Morgan fingerprint density at radius 1 is 0.255 bits per heavy atom. The van der Waals surface area contributed by atoms with Crippen LogP contribution in [0.2, 0.25) is 0 Å². The zero-order valence-electron chi connectivity index (χ0n) is 61.9. The van der Waals surface area contributed by atoms with Crippen LogP contribution in [0.1, 0.15) is 316 Å². The van der Waals surface area contributed by atoms with Crippen LogP contribution in [0.3, 0.4) is 0 Å². The maximum absolute atomic E-state index is 12.5. The number of benzene rings is 6. The van der Waals surface area contributed by atoms with Gasteiger partial charge in [0.05, 0.1) is 51.8 Å². The van der Waals surface area contributed by atoms with E-state index in [1.165, 1.54) is 220 Å². The minimum atomic E-state index is -0.360. The lowest BCUT2D eigenvalue weighted by Crippen LogP contribution is -2.03. The molecule has 0 fully saturated rings. The molecule has 0 aliphatic heterocycles. The van der Waals surface area contributed by atoms with Gasteiger partial charge in [0.25, 0.3) is 0 Å². The molecule has 0 N–H and O–H groups in total. The fourth-order valence-corrected chi connectivity index (χ4v) is 13.0. The maximum Gasteiger partial charge on any atom is 0.337 e. The highest BCUT2D eigenvalue weighted by Gasteiger charge is 2.20. The molecule has 0 radical (unpaired) electrons. The summed E-state index contributed by atoms with van der Waals surface area (Å²) in [6, 6.07) is 40.9. The first kappa shape index (κ1) is 80.0. The van der Waals surface area contributed by atoms with Crippen LogP contribution >= 0.6 is 0 Å². The van der Waals surface area contributed by atoms with Gasteiger partial charge in [0.2, 0.25) is 0 Å². The third-order valence-corrected chi connectivity index (χ3v) is 19.2. The van der Waals surface area contributed by atoms with Gasteiger partial charge in [-0.1, -0.05) is 319 Å². The van der Waals surface area contributed by atoms with Crippen molar-refractivity contribution < 1.29 is 38.0 Å². The van der Waals surface area contributed by atoms with Crippen molar-refractivity contribution in [2.45, 2.75) is 285 Å². The van der Waals surface area contributed by atoms with Crippen LogP contribution in [0.15, 0.2) is 121 Å². The Morgan fingerprint density at radius 2 is 0.439 bits per heavy atom. The number of methoxy groups -OCH3 is 2. The van der Waals surface area contributed by atoms with Crippen molar-refractivity contribution in [3.05, 3.63) is 144 Å². The topological polar surface area (TPSA) is 89.5 Å². The van der Waals surface area contributed by atoms with Gasteiger partial charge < -0.3 is 28.4 Å². The molecule has 534 valence electrons. The van der Waals surface area contributed by atoms with Crippen molar-refractivity contribution in [3.63, 3.8) is 0 Å². The lowest BCUT2D eigenvalue weighted by molar-refractivity contribution is 0.0592. The fourth-order valence-electron chi connectivity index (χ4n) is 13.0. The number of esters is 2. The molecule has 0 atom stereocenters. The van der Waals surface area contributed by atoms with Gasteiger partial charge in [0.1, 0.15) is 23.0 Å². The zero-order chi connectivity index (χ0) is 69.3. The van der Waals surface area contributed by atoms with E-state index in [0.717, 1.165) is 130 Å². The van der Waals surface area contributed by atoms with Gasteiger partial charge in [-0.2, -0.15) is 0 Å². The van der Waals surface area contributed by atoms with E-state index >= 15 is 0 Å². The Balaban J connectivity index is 1.24. The molecule has 0 saturated heterocycles. The van der Waals surface area contributed by atoms with E-state index in [-0.39, 0.29) is 11.9 Å². The van der Waals surface area contributed by atoms with Crippen molar-refractivity contribution in [2.75, 3.05) is 40.6 Å². The number of rotatable bonds is 54. The molecule has 0 bridgehead atoms. The van der Waals surface area contributed by atoms with Crippen molar-refractivity contribution in [1.29, 1.82) is 0 Å². The van der Waals surface area contributed by atoms with Crippen LogP contribution in [-0.2, 0) is 9.47 Å². The van der Waals surface area contributed by atoms with E-state index in [4.69, 9.17) is 28.4 Å². The van der Waals surface area contributed by atoms with Crippen LogP contribution < -0.4 is 18.9 Å². The van der Waals surface area contributed by atoms with Crippen LogP contribution in [-0.4, -0.2) is 52.6 Å². The van der Waals surface area contributed by atoms with Crippen molar-refractivity contribution in [2.24, 2.45) is 0 Å². The Morgan fingerprint density at radius 3 is 0.633 bits per heavy atom. The number of ether oxygens (including phenoxy) is 6. The lowest BCUT2D eigenvalue weighted by Gasteiger charge is -2.19. The number of carbonyl (C=O) groups excluding carboxylic acids is 2. The Kier molecular flexibility index (Phi) is 41.1. The third-order valence-electron chi connectivity index (χ3n) is 19.2. The molecule has 6 aromatic carbocycles. The highest BCUT2D eigenvalue weighted by atomic mass is 16.5. The summed E-state index contributed by atoms with van der Waals surface area (Å²) in [5.74, 6) is 9.44. The molecule has 0 aromatic heterocycles. The van der Waals surface area contributed by atoms with E-state index in [0.29, 0.717) is 37.6 Å². The minimum absolute atomic E-state index is 0.360. The summed E-state index contributed by atoms with van der Waals surface area (Å²) >= 11 is 0. The summed E-state index contributed by atoms with van der Waals surface area (Å²) in [4.78, 5) is 25.1. The normalized spacial score (nSPS) is 11.1. The van der Waals surface area contributed by atoms with Crippen molar-refractivity contribution in [3.8, 4) is 79.3 Å². The summed E-state index contributed by atoms with van der Waals surface area (Å²) in [5, 5.41) is 0. The number of carbonyl (C=O) groups is 2. The third kappa shape index (κ3) is 30.6. The Labute approximate surface area is 594 Å². The second kappa shape index (κ2) is 50.4. The van der Waals surface area contributed by atoms with Crippen LogP contribution in [0, 0.1) is 11.8 Å². The Hall–Kier alpha value is -6.98. The molecule has 0 aliphatic carbocycles. The van der Waals surface area contributed by atoms with E-state index in [1.807, 2.05) is 48.5 Å². The lowest BCUT2D eigenvalue weighted by atomic mass is 9.96. The molecular weight excluding hydrogens is 1210 g/mol. The van der Waals surface area contributed by atoms with Crippen molar-refractivity contribution in [1.82, 2.24) is 0 Å². The quantitative estimate of drug-likeness (QED) is 0.0212. The standard InChI is InChI=1S/C90H126O8/c1-7-11-15-19-23-27-31-35-39-43-65-95-85-71-83(77-57-61-79(62-58-77)89(91)93-5)87(97-67-45-41-37-33-29-25-21-17-13-9-3)69-81(85)75-53-49-73(50-54-75)47-48-74-51-55-76(56-52-74)82-70-88(98-68-46-42-38-34-30-26-22-18-14-10-4)84(78-59-63-80(64-60-78)90(92)94-6)72-86(82)96-66-44-40-36-32-28-24-20-16-12-8-2/h49-64,69-72H,7-46,65-68H2,1-6H3. The molecule has 0 unspecified atom stereocenters. The average molecular weight is 1340 g/mol. The predicted molar refractivity (Wildman–Crippen MR) is 413 cm³/mol. The van der Waals surface area contributed by atoms with Gasteiger partial charge in [-0.25, -0.2) is 9.59 Å². The summed E-state index contributed by atoms with van der Waals surface area (Å²) in [7, 11) is 2.83. The second-order valence-corrected chi connectivity index (χ2v) is 27.4. The molecule has 98 heavy (non-hydrogen) atoms. The predicted octanol–water partition coefficient (Wildman–Crippen LogP) is 26.5. The van der Waals surface area contributed by atoms with Crippen molar-refractivity contribution >= 4 is 11.9 Å². The van der Waals surface area contributed by atoms with E-state index in [2.05, 4.69) is 112 Å². The molecule has 6 rings (SSSR count). The van der Waals surface area contributed by atoms with Gasteiger partial charge in [-0.15, -0.1) is 0 Å². The first-order chi connectivity index (χ1) is 48.3. The Bertz CT molecular complexity index is 2940. The fraction of sp³-hybridized carbons (Fsp3) is 0.556. The van der Waals surface area contributed by atoms with Gasteiger partial charge in [-0.05, 0) is 121 Å². The molecular formula is C90H126O8. The first-order valence-electron chi connectivity index (χ1n) is 39.3. The summed E-state index contributed by atoms with van der Waals surface area (Å²) in [6.45, 7) is 11.6. The highest BCUT2D eigenvalue weighted by Crippen LogP contribution is 2.44. The maximum atomic E-state index is 12.5. The molecule has 8 nitrogen and oxygen atoms in total. The molecule has 0 heterocycles. The average Bonchev–Trinajstić information content (AvgIpc) is 0.797. The van der Waals surface area contributed by atoms with Gasteiger partial charge in [0.15, 0.2) is 0 Å². The smallest absolute Gasteiger partial charge is 0.337 e. The SMILES string of the molecule is CCCCCCCCCCCCOc1cc(-c2ccc(C(=O)OC)cc2)c(OCCCCCCCCCCCC)cc1-c1ccc(C#Cc2ccc(-c3cc(OCCCCCCCCCCCC)c(-c4ccc(C(=O)OC)cc4)cc3OCCCCCCCCCCCC)cc2)cc1. The monoisotopic (exact) mass is 1330 g/mol. The summed E-state index contributed by atoms with van der Waals surface area (Å²) < 4.78 is 37.3.